The van der Waals surface area contributed by atoms with Crippen molar-refractivity contribution in [3.63, 3.8) is 0 Å². The first kappa shape index (κ1) is 16.0. The Morgan fingerprint density at radius 1 is 1.16 bits per heavy atom. The lowest BCUT2D eigenvalue weighted by molar-refractivity contribution is 0.102. The molecular formula is C20H18N2O2S. The molecule has 0 spiro atoms. The average Bonchev–Trinajstić information content (AvgIpc) is 3.15. The van der Waals surface area contributed by atoms with E-state index in [4.69, 9.17) is 4.74 Å². The molecule has 1 atom stereocenters. The minimum absolute atomic E-state index is 0.163. The molecule has 4 rings (SSSR count). The second kappa shape index (κ2) is 7.15. The highest BCUT2D eigenvalue weighted by atomic mass is 32.2. The van der Waals surface area contributed by atoms with E-state index >= 15 is 0 Å². The molecule has 2 heterocycles. The average molecular weight is 350 g/mol. The van der Waals surface area contributed by atoms with Gasteiger partial charge in [0.25, 0.3) is 5.91 Å². The normalized spacial score (nSPS) is 16.7. The molecule has 0 aliphatic carbocycles. The van der Waals surface area contributed by atoms with Crippen LogP contribution in [0.25, 0.3) is 10.8 Å². The maximum atomic E-state index is 12.6. The maximum absolute atomic E-state index is 12.6. The number of thioether (sulfide) groups is 1. The second-order valence-electron chi connectivity index (χ2n) is 5.97. The highest BCUT2D eigenvalue weighted by Gasteiger charge is 2.18. The number of hydrogen-bond acceptors (Lipinski definition) is 4. The SMILES string of the molecule is O=C(Nc1cccc2ccccc12)c1ccnc(OC2CCSC2)c1. The van der Waals surface area contributed by atoms with Crippen molar-refractivity contribution in [3.8, 4) is 5.88 Å². The van der Waals surface area contributed by atoms with Crippen molar-refractivity contribution in [2.75, 3.05) is 16.8 Å². The van der Waals surface area contributed by atoms with Crippen LogP contribution in [-0.4, -0.2) is 28.5 Å². The minimum atomic E-state index is -0.163. The number of carbonyl (C=O) groups is 1. The molecule has 25 heavy (non-hydrogen) atoms. The third-order valence-corrected chi connectivity index (χ3v) is 5.34. The van der Waals surface area contributed by atoms with Gasteiger partial charge in [-0.2, -0.15) is 11.8 Å². The summed E-state index contributed by atoms with van der Waals surface area (Å²) in [5.41, 5.74) is 1.35. The summed E-state index contributed by atoms with van der Waals surface area (Å²) in [6.07, 6.45) is 2.84. The number of rotatable bonds is 4. The highest BCUT2D eigenvalue weighted by Crippen LogP contribution is 2.25. The fourth-order valence-corrected chi connectivity index (χ4v) is 4.01. The Balaban J connectivity index is 1.54. The molecule has 1 fully saturated rings. The molecule has 4 nitrogen and oxygen atoms in total. The molecule has 126 valence electrons. The van der Waals surface area contributed by atoms with Crippen LogP contribution in [0.15, 0.2) is 60.8 Å². The first-order valence-electron chi connectivity index (χ1n) is 8.29. The molecule has 0 saturated carbocycles. The topological polar surface area (TPSA) is 51.2 Å². The Bertz CT molecular complexity index is 902. The summed E-state index contributed by atoms with van der Waals surface area (Å²) in [5, 5.41) is 5.11. The van der Waals surface area contributed by atoms with Gasteiger partial charge in [0, 0.05) is 34.7 Å². The summed E-state index contributed by atoms with van der Waals surface area (Å²) in [6.45, 7) is 0. The Morgan fingerprint density at radius 2 is 2.04 bits per heavy atom. The standard InChI is InChI=1S/C20H18N2O2S/c23-20(22-18-7-3-5-14-4-1-2-6-17(14)18)15-8-10-21-19(12-15)24-16-9-11-25-13-16/h1-8,10,12,16H,9,11,13H2,(H,22,23). The van der Waals surface area contributed by atoms with Gasteiger partial charge in [-0.1, -0.05) is 36.4 Å². The van der Waals surface area contributed by atoms with Gasteiger partial charge >= 0.3 is 0 Å². The number of amides is 1. The monoisotopic (exact) mass is 350 g/mol. The van der Waals surface area contributed by atoms with Crippen LogP contribution in [0.2, 0.25) is 0 Å². The summed E-state index contributed by atoms with van der Waals surface area (Å²) < 4.78 is 5.87. The van der Waals surface area contributed by atoms with E-state index < -0.39 is 0 Å². The minimum Gasteiger partial charge on any atom is -0.473 e. The summed E-state index contributed by atoms with van der Waals surface area (Å²) in [6, 6.07) is 17.3. The lowest BCUT2D eigenvalue weighted by atomic mass is 10.1. The van der Waals surface area contributed by atoms with Crippen molar-refractivity contribution in [1.82, 2.24) is 4.98 Å². The number of fused-ring (bicyclic) bond motifs is 1. The molecule has 0 bridgehead atoms. The van der Waals surface area contributed by atoms with E-state index in [1.807, 2.05) is 54.2 Å². The van der Waals surface area contributed by atoms with E-state index in [2.05, 4.69) is 10.3 Å². The van der Waals surface area contributed by atoms with Crippen molar-refractivity contribution >= 4 is 34.1 Å². The third kappa shape index (κ3) is 3.61. The molecule has 2 aromatic carbocycles. The van der Waals surface area contributed by atoms with Crippen molar-refractivity contribution in [2.45, 2.75) is 12.5 Å². The molecule has 1 aliphatic rings. The molecular weight excluding hydrogens is 332 g/mol. The number of hydrogen-bond donors (Lipinski definition) is 1. The number of pyridine rings is 1. The molecule has 0 radical (unpaired) electrons. The van der Waals surface area contributed by atoms with E-state index in [0.29, 0.717) is 11.4 Å². The molecule has 1 aliphatic heterocycles. The van der Waals surface area contributed by atoms with Crippen molar-refractivity contribution in [1.29, 1.82) is 0 Å². The van der Waals surface area contributed by atoms with Gasteiger partial charge < -0.3 is 10.1 Å². The number of benzene rings is 2. The van der Waals surface area contributed by atoms with E-state index in [-0.39, 0.29) is 12.0 Å². The van der Waals surface area contributed by atoms with Crippen LogP contribution in [-0.2, 0) is 0 Å². The summed E-state index contributed by atoms with van der Waals surface area (Å²) in [4.78, 5) is 16.9. The van der Waals surface area contributed by atoms with E-state index in [9.17, 15) is 4.79 Å². The number of nitrogens with one attached hydrogen (secondary N) is 1. The lowest BCUT2D eigenvalue weighted by Crippen LogP contribution is -2.17. The van der Waals surface area contributed by atoms with Gasteiger partial charge in [0.05, 0.1) is 0 Å². The zero-order valence-electron chi connectivity index (χ0n) is 13.6. The summed E-state index contributed by atoms with van der Waals surface area (Å²) in [5.74, 6) is 2.45. The predicted octanol–water partition coefficient (Wildman–Crippen LogP) is 4.37. The predicted molar refractivity (Wildman–Crippen MR) is 102 cm³/mol. The van der Waals surface area contributed by atoms with E-state index in [0.717, 1.165) is 34.4 Å². The fourth-order valence-electron chi connectivity index (χ4n) is 2.92. The highest BCUT2D eigenvalue weighted by molar-refractivity contribution is 7.99. The molecule has 5 heteroatoms. The first-order valence-corrected chi connectivity index (χ1v) is 9.45. The summed E-state index contributed by atoms with van der Waals surface area (Å²) >= 11 is 1.88. The number of carbonyl (C=O) groups excluding carboxylic acids is 1. The molecule has 1 unspecified atom stereocenters. The van der Waals surface area contributed by atoms with Crippen LogP contribution in [0.4, 0.5) is 5.69 Å². The summed E-state index contributed by atoms with van der Waals surface area (Å²) in [7, 11) is 0. The van der Waals surface area contributed by atoms with Gasteiger partial charge in [-0.25, -0.2) is 4.98 Å². The van der Waals surface area contributed by atoms with Gasteiger partial charge in [0.2, 0.25) is 5.88 Å². The molecule has 1 saturated heterocycles. The molecule has 1 aromatic heterocycles. The van der Waals surface area contributed by atoms with Gasteiger partial charge in [-0.05, 0) is 29.7 Å². The quantitative estimate of drug-likeness (QED) is 0.759. The van der Waals surface area contributed by atoms with Crippen LogP contribution in [0.5, 0.6) is 5.88 Å². The number of anilines is 1. The Morgan fingerprint density at radius 3 is 2.92 bits per heavy atom. The van der Waals surface area contributed by atoms with Crippen molar-refractivity contribution in [2.24, 2.45) is 0 Å². The Kier molecular flexibility index (Phi) is 4.57. The first-order chi connectivity index (χ1) is 12.3. The zero-order valence-corrected chi connectivity index (χ0v) is 14.5. The van der Waals surface area contributed by atoms with Crippen molar-refractivity contribution in [3.05, 3.63) is 66.4 Å². The van der Waals surface area contributed by atoms with Crippen LogP contribution in [0, 0.1) is 0 Å². The van der Waals surface area contributed by atoms with E-state index in [1.54, 1.807) is 18.3 Å². The van der Waals surface area contributed by atoms with Gasteiger partial charge in [0.1, 0.15) is 6.10 Å². The largest absolute Gasteiger partial charge is 0.473 e. The Labute approximate surface area is 150 Å². The smallest absolute Gasteiger partial charge is 0.255 e. The fraction of sp³-hybridized carbons (Fsp3) is 0.200. The molecule has 3 aromatic rings. The number of nitrogens with zero attached hydrogens (tertiary/aromatic N) is 1. The van der Waals surface area contributed by atoms with Crippen molar-refractivity contribution < 1.29 is 9.53 Å². The maximum Gasteiger partial charge on any atom is 0.255 e. The lowest BCUT2D eigenvalue weighted by Gasteiger charge is -2.12. The van der Waals surface area contributed by atoms with Gasteiger partial charge in [-0.15, -0.1) is 0 Å². The number of aromatic nitrogens is 1. The van der Waals surface area contributed by atoms with Gasteiger partial charge in [-0.3, -0.25) is 4.79 Å². The van der Waals surface area contributed by atoms with Crippen LogP contribution in [0.3, 0.4) is 0 Å². The van der Waals surface area contributed by atoms with Crippen LogP contribution < -0.4 is 10.1 Å². The van der Waals surface area contributed by atoms with E-state index in [1.165, 1.54) is 0 Å². The van der Waals surface area contributed by atoms with Crippen LogP contribution >= 0.6 is 11.8 Å². The second-order valence-corrected chi connectivity index (χ2v) is 7.12. The van der Waals surface area contributed by atoms with Gasteiger partial charge in [0.15, 0.2) is 0 Å². The Hall–Kier alpha value is -2.53. The van der Waals surface area contributed by atoms with Crippen LogP contribution in [0.1, 0.15) is 16.8 Å². The number of ether oxygens (including phenoxy) is 1. The molecule has 1 amide bonds. The zero-order chi connectivity index (χ0) is 17.1. The molecule has 1 N–H and O–H groups in total. The third-order valence-electron chi connectivity index (χ3n) is 4.21.